The summed E-state index contributed by atoms with van der Waals surface area (Å²) in [6.07, 6.45) is 5.11. The van der Waals surface area contributed by atoms with Gasteiger partial charge in [0.05, 0.1) is 12.1 Å². The maximum atomic E-state index is 12.5. The van der Waals surface area contributed by atoms with Gasteiger partial charge in [0, 0.05) is 40.7 Å². The lowest BCUT2D eigenvalue weighted by atomic mass is 9.76. The summed E-state index contributed by atoms with van der Waals surface area (Å²) in [6.45, 7) is 15.6. The second-order valence-corrected chi connectivity index (χ2v) is 16.0. The van der Waals surface area contributed by atoms with Crippen molar-refractivity contribution in [1.29, 1.82) is 0 Å². The summed E-state index contributed by atoms with van der Waals surface area (Å²) in [5, 5.41) is 13.7. The second kappa shape index (κ2) is 16.5. The van der Waals surface area contributed by atoms with Crippen LogP contribution in [0.4, 0.5) is 0 Å². The smallest absolute Gasteiger partial charge is 0.220 e. The first kappa shape index (κ1) is 36.8. The molecule has 0 spiro atoms. The summed E-state index contributed by atoms with van der Waals surface area (Å²) >= 11 is 5.07. The minimum Gasteiger partial charge on any atom is -0.493 e. The van der Waals surface area contributed by atoms with Gasteiger partial charge in [-0.3, -0.25) is 4.79 Å². The number of unbranched alkanes of at least 4 members (excludes halogenated alkanes) is 1. The summed E-state index contributed by atoms with van der Waals surface area (Å²) in [6, 6.07) is 23.3. The van der Waals surface area contributed by atoms with Crippen LogP contribution < -0.4 is 10.1 Å². The highest BCUT2D eigenvalue weighted by molar-refractivity contribution is 9.10. The molecule has 2 heterocycles. The molecule has 49 heavy (non-hydrogen) atoms. The summed E-state index contributed by atoms with van der Waals surface area (Å²) in [4.78, 5) is 17.5. The fraction of sp³-hybridized carbons (Fsp3) is 0.450. The first-order chi connectivity index (χ1) is 23.5. The molecule has 9 heteroatoms. The first-order valence-corrected chi connectivity index (χ1v) is 19.3. The fourth-order valence-corrected chi connectivity index (χ4v) is 6.79. The Kier molecular flexibility index (Phi) is 12.4. The maximum absolute atomic E-state index is 12.5. The lowest BCUT2D eigenvalue weighted by Gasteiger charge is -2.30. The number of halogens is 1. The van der Waals surface area contributed by atoms with Crippen LogP contribution in [-0.4, -0.2) is 44.6 Å². The van der Waals surface area contributed by atoms with Gasteiger partial charge in [0.1, 0.15) is 11.3 Å². The van der Waals surface area contributed by atoms with E-state index in [0.29, 0.717) is 31.3 Å². The van der Waals surface area contributed by atoms with E-state index < -0.39 is 0 Å². The van der Waals surface area contributed by atoms with Crippen molar-refractivity contribution in [3.8, 4) is 5.75 Å². The summed E-state index contributed by atoms with van der Waals surface area (Å²) in [5.74, 6) is 1.80. The van der Waals surface area contributed by atoms with Gasteiger partial charge >= 0.3 is 0 Å². The minimum absolute atomic E-state index is 0.0389. The molecule has 1 N–H and O–H groups in total. The number of thioether (sulfide) groups is 1. The van der Waals surface area contributed by atoms with Gasteiger partial charge in [-0.2, -0.15) is 0 Å². The number of rotatable bonds is 17. The SMILES string of the molecule is CCC(C)(C)c1ccc(OCCCCNC(=O)CCCSc2nnc3c4ccccc4n(Cc4ccc(Br)cc4)c3n2)c(C(C)(C)CC)c1. The number of amides is 1. The monoisotopic (exact) mass is 743 g/mol. The van der Waals surface area contributed by atoms with E-state index in [1.165, 1.54) is 16.7 Å². The average Bonchev–Trinajstić information content (AvgIpc) is 3.41. The van der Waals surface area contributed by atoms with Crippen LogP contribution in [0.2, 0.25) is 0 Å². The van der Waals surface area contributed by atoms with Crippen molar-refractivity contribution in [1.82, 2.24) is 25.1 Å². The summed E-state index contributed by atoms with van der Waals surface area (Å²) in [5.41, 5.74) is 6.72. The molecule has 0 aliphatic rings. The number of para-hydroxylation sites is 1. The van der Waals surface area contributed by atoms with E-state index in [4.69, 9.17) is 9.72 Å². The first-order valence-electron chi connectivity index (χ1n) is 17.6. The minimum atomic E-state index is 0.0389. The molecule has 0 radical (unpaired) electrons. The van der Waals surface area contributed by atoms with Crippen LogP contribution in [-0.2, 0) is 22.2 Å². The number of hydrogen-bond donors (Lipinski definition) is 1. The highest BCUT2D eigenvalue weighted by Gasteiger charge is 2.26. The Morgan fingerprint density at radius 1 is 0.918 bits per heavy atom. The molecule has 0 fully saturated rings. The zero-order valence-electron chi connectivity index (χ0n) is 29.8. The van der Waals surface area contributed by atoms with Crippen LogP contribution in [0.3, 0.4) is 0 Å². The summed E-state index contributed by atoms with van der Waals surface area (Å²) < 4.78 is 9.57. The third-order valence-electron chi connectivity index (χ3n) is 9.80. The number of nitrogens with zero attached hydrogens (tertiary/aromatic N) is 4. The predicted molar refractivity (Wildman–Crippen MR) is 207 cm³/mol. The molecule has 0 bridgehead atoms. The van der Waals surface area contributed by atoms with Gasteiger partial charge in [0.15, 0.2) is 5.65 Å². The van der Waals surface area contributed by atoms with Gasteiger partial charge in [-0.15, -0.1) is 10.2 Å². The molecule has 0 atom stereocenters. The third-order valence-corrected chi connectivity index (χ3v) is 11.2. The van der Waals surface area contributed by atoms with Gasteiger partial charge < -0.3 is 14.6 Å². The van der Waals surface area contributed by atoms with E-state index in [1.54, 1.807) is 11.8 Å². The highest BCUT2D eigenvalue weighted by Crippen LogP contribution is 2.38. The number of hydrogen-bond acceptors (Lipinski definition) is 6. The van der Waals surface area contributed by atoms with E-state index in [9.17, 15) is 4.79 Å². The van der Waals surface area contributed by atoms with Crippen molar-refractivity contribution in [2.24, 2.45) is 0 Å². The van der Waals surface area contributed by atoms with Gasteiger partial charge in [-0.25, -0.2) is 4.98 Å². The molecule has 7 nitrogen and oxygen atoms in total. The van der Waals surface area contributed by atoms with Crippen LogP contribution in [0, 0.1) is 0 Å². The molecule has 2 aromatic heterocycles. The van der Waals surface area contributed by atoms with Crippen molar-refractivity contribution in [2.75, 3.05) is 18.9 Å². The van der Waals surface area contributed by atoms with E-state index in [0.717, 1.165) is 70.1 Å². The Morgan fingerprint density at radius 3 is 2.43 bits per heavy atom. The molecule has 0 aliphatic carbocycles. The van der Waals surface area contributed by atoms with E-state index in [2.05, 4.69) is 132 Å². The number of nitrogens with one attached hydrogen (secondary N) is 1. The molecule has 3 aromatic carbocycles. The maximum Gasteiger partial charge on any atom is 0.220 e. The van der Waals surface area contributed by atoms with E-state index >= 15 is 0 Å². The van der Waals surface area contributed by atoms with E-state index in [-0.39, 0.29) is 16.7 Å². The lowest BCUT2D eigenvalue weighted by Crippen LogP contribution is -2.24. The molecule has 1 amide bonds. The number of carbonyl (C=O) groups excluding carboxylic acids is 1. The lowest BCUT2D eigenvalue weighted by molar-refractivity contribution is -0.121. The van der Waals surface area contributed by atoms with E-state index in [1.807, 2.05) is 12.1 Å². The zero-order valence-corrected chi connectivity index (χ0v) is 32.2. The molecule has 5 aromatic rings. The third kappa shape index (κ3) is 9.23. The number of fused-ring (bicyclic) bond motifs is 3. The fourth-order valence-electron chi connectivity index (χ4n) is 5.80. The van der Waals surface area contributed by atoms with Crippen molar-refractivity contribution < 1.29 is 9.53 Å². The van der Waals surface area contributed by atoms with Crippen LogP contribution in [0.25, 0.3) is 22.1 Å². The van der Waals surface area contributed by atoms with Crippen molar-refractivity contribution >= 4 is 55.7 Å². The molecule has 5 rings (SSSR count). The highest BCUT2D eigenvalue weighted by atomic mass is 79.9. The second-order valence-electron chi connectivity index (χ2n) is 14.0. The predicted octanol–water partition coefficient (Wildman–Crippen LogP) is 10.0. The Labute approximate surface area is 304 Å². The number of aromatic nitrogens is 4. The van der Waals surface area contributed by atoms with Crippen LogP contribution in [0.5, 0.6) is 5.75 Å². The van der Waals surface area contributed by atoms with Crippen LogP contribution in [0.15, 0.2) is 76.4 Å². The van der Waals surface area contributed by atoms with Gasteiger partial charge in [-0.1, -0.05) is 112 Å². The average molecular weight is 745 g/mol. The normalized spacial score (nSPS) is 12.1. The van der Waals surface area contributed by atoms with Crippen molar-refractivity contribution in [3.63, 3.8) is 0 Å². The standard InChI is InChI=1S/C40H50BrN5O2S/c1-7-39(3,4)29-19-22-34(32(26-29)40(5,6)8-2)48-24-12-11-23-42-35(47)16-13-25-49-38-43-37-36(44-45-38)31-14-9-10-15-33(31)46(37)27-28-17-20-30(41)21-18-28/h9-10,14-15,17-22,26H,7-8,11-13,16,23-25,27H2,1-6H3,(H,42,47). The Hall–Kier alpha value is -3.43. The van der Waals surface area contributed by atoms with Crippen molar-refractivity contribution in [2.45, 2.75) is 103 Å². The van der Waals surface area contributed by atoms with Gasteiger partial charge in [0.25, 0.3) is 0 Å². The van der Waals surface area contributed by atoms with Crippen LogP contribution >= 0.6 is 27.7 Å². The quantitative estimate of drug-likeness (QED) is 0.0754. The Morgan fingerprint density at radius 2 is 1.67 bits per heavy atom. The number of benzene rings is 3. The van der Waals surface area contributed by atoms with Gasteiger partial charge in [-0.05, 0) is 78.3 Å². The Balaban J connectivity index is 1.07. The molecular weight excluding hydrogens is 694 g/mol. The van der Waals surface area contributed by atoms with Crippen molar-refractivity contribution in [3.05, 3.63) is 87.9 Å². The zero-order chi connectivity index (χ0) is 35.0. The largest absolute Gasteiger partial charge is 0.493 e. The van der Waals surface area contributed by atoms with Gasteiger partial charge in [0.2, 0.25) is 11.1 Å². The molecule has 0 saturated carbocycles. The van der Waals surface area contributed by atoms with Crippen LogP contribution in [0.1, 0.15) is 96.8 Å². The number of ether oxygens (including phenoxy) is 1. The molecule has 0 unspecified atom stereocenters. The molecular formula is C40H50BrN5O2S. The topological polar surface area (TPSA) is 81.9 Å². The molecule has 0 saturated heterocycles. The number of carbonyl (C=O) groups is 1. The Bertz CT molecular complexity index is 1870. The molecule has 0 aliphatic heterocycles. The molecule has 260 valence electrons. The summed E-state index contributed by atoms with van der Waals surface area (Å²) in [7, 11) is 0.